The van der Waals surface area contributed by atoms with E-state index in [1.807, 2.05) is 13.8 Å². The number of carbonyl (C=O) groups is 9. The lowest BCUT2D eigenvalue weighted by Gasteiger charge is -2.32. The molecule has 0 radical (unpaired) electrons. The number of aliphatic hydroxyl groups is 1. The maximum Gasteiger partial charge on any atom is 0.246 e. The van der Waals surface area contributed by atoms with Gasteiger partial charge in [-0.2, -0.15) is 0 Å². The van der Waals surface area contributed by atoms with Gasteiger partial charge in [0.1, 0.15) is 42.5 Å². The van der Waals surface area contributed by atoms with Crippen LogP contribution in [0.25, 0.3) is 0 Å². The third kappa shape index (κ3) is 18.5. The number of nitrogens with two attached hydrogens (primary N) is 5. The molecule has 25 nitrogen and oxygen atoms in total. The van der Waals surface area contributed by atoms with Crippen LogP contribution in [0.1, 0.15) is 92.4 Å². The van der Waals surface area contributed by atoms with Crippen molar-refractivity contribution >= 4 is 65.5 Å². The Bertz CT molecular complexity index is 1740. The Kier molecular flexibility index (Phi) is 23.1. The predicted octanol–water partition coefficient (Wildman–Crippen LogP) is -5.39. The molecule has 2 fully saturated rings. The number of aliphatic imine (C=N–C) groups is 2. The normalized spacial score (nSPS) is 19.0. The standard InChI is InChI=1S/C40H71N15O10/c1-21(2)18-25(20-56)51-32(59)22(3)50-35(62)28-12-8-16-54(28)38(65)29-13-9-17-55(29)37(64)23(4)49-30(58)19-48-36(63)31(24(5)57)53-34(61)27(11-7-15-47-40(44)45)52-33(60)26(41)10-6-14-46-39(42)43/h20-29,31,57H,6-19,41H2,1-5H3,(H,48,63)(H,49,58)(H,50,62)(H,51,59)(H,52,60)(H,53,61)(H4,42,43,46)(H4,44,45,47)/t22-,23-,24+,25-,26-,27-,28-,29-,31-/m0/s1. The quantitative estimate of drug-likeness (QED) is 0.0167. The van der Waals surface area contributed by atoms with Gasteiger partial charge in [-0.1, -0.05) is 13.8 Å². The molecule has 0 aromatic heterocycles. The van der Waals surface area contributed by atoms with Crippen molar-refractivity contribution in [1.82, 2.24) is 41.7 Å². The number of aliphatic hydroxyl groups excluding tert-OH is 1. The van der Waals surface area contributed by atoms with Crippen molar-refractivity contribution in [2.24, 2.45) is 44.6 Å². The maximum atomic E-state index is 13.9. The molecule has 0 spiro atoms. The maximum absolute atomic E-state index is 13.9. The fraction of sp³-hybridized carbons (Fsp3) is 0.725. The molecule has 9 atom stereocenters. The van der Waals surface area contributed by atoms with E-state index < -0.39 is 108 Å². The Morgan fingerprint density at radius 3 is 1.86 bits per heavy atom. The minimum absolute atomic E-state index is 0.0116. The molecule has 0 aliphatic carbocycles. The predicted molar refractivity (Wildman–Crippen MR) is 238 cm³/mol. The van der Waals surface area contributed by atoms with Gasteiger partial charge in [0.05, 0.1) is 24.7 Å². The molecule has 2 saturated heterocycles. The van der Waals surface area contributed by atoms with Gasteiger partial charge < -0.3 is 80.3 Å². The Labute approximate surface area is 379 Å². The second-order valence-electron chi connectivity index (χ2n) is 16.8. The van der Waals surface area contributed by atoms with E-state index in [1.165, 1.54) is 30.6 Å². The van der Waals surface area contributed by atoms with Crippen molar-refractivity contribution in [3.05, 3.63) is 0 Å². The molecule has 2 aliphatic rings. The fourth-order valence-corrected chi connectivity index (χ4v) is 7.36. The number of hydrogen-bond acceptors (Lipinski definition) is 13. The van der Waals surface area contributed by atoms with Crippen LogP contribution in [0.4, 0.5) is 0 Å². The first-order valence-electron chi connectivity index (χ1n) is 22.0. The zero-order chi connectivity index (χ0) is 49.0. The van der Waals surface area contributed by atoms with Crippen LogP contribution in [0.15, 0.2) is 9.98 Å². The van der Waals surface area contributed by atoms with Crippen molar-refractivity contribution in [3.63, 3.8) is 0 Å². The number of nitrogens with zero attached hydrogens (tertiary/aromatic N) is 4. The molecular weight excluding hydrogens is 851 g/mol. The molecule has 0 unspecified atom stereocenters. The number of carbonyl (C=O) groups excluding carboxylic acids is 9. The second kappa shape index (κ2) is 27.3. The highest BCUT2D eigenvalue weighted by atomic mass is 16.3. The first kappa shape index (κ1) is 55.0. The molecule has 2 aliphatic heterocycles. The van der Waals surface area contributed by atoms with Gasteiger partial charge in [0, 0.05) is 26.2 Å². The third-order valence-corrected chi connectivity index (χ3v) is 10.7. The monoisotopic (exact) mass is 922 g/mol. The first-order valence-corrected chi connectivity index (χ1v) is 22.0. The van der Waals surface area contributed by atoms with Crippen LogP contribution < -0.4 is 60.6 Å². The van der Waals surface area contributed by atoms with Gasteiger partial charge in [0.2, 0.25) is 47.3 Å². The van der Waals surface area contributed by atoms with Crippen LogP contribution in [0.2, 0.25) is 0 Å². The molecular formula is C40H71N15O10. The number of aldehydes is 1. The summed E-state index contributed by atoms with van der Waals surface area (Å²) in [6, 6.07) is -8.51. The molecule has 0 aromatic rings. The van der Waals surface area contributed by atoms with Crippen molar-refractivity contribution < 1.29 is 48.3 Å². The van der Waals surface area contributed by atoms with E-state index in [1.54, 1.807) is 0 Å². The highest BCUT2D eigenvalue weighted by Crippen LogP contribution is 2.26. The summed E-state index contributed by atoms with van der Waals surface area (Å²) < 4.78 is 0. The zero-order valence-electron chi connectivity index (χ0n) is 38.0. The smallest absolute Gasteiger partial charge is 0.246 e. The highest BCUT2D eigenvalue weighted by molar-refractivity contribution is 5.97. The lowest BCUT2D eigenvalue weighted by Crippen LogP contribution is -2.59. The number of likely N-dealkylation sites (tertiary alicyclic amines) is 2. The van der Waals surface area contributed by atoms with Gasteiger partial charge in [-0.15, -0.1) is 0 Å². The number of hydrogen-bond donors (Lipinski definition) is 12. The van der Waals surface area contributed by atoms with E-state index >= 15 is 0 Å². The topological polar surface area (TPSA) is 407 Å². The van der Waals surface area contributed by atoms with E-state index in [2.05, 4.69) is 41.9 Å². The molecule has 2 rings (SSSR count). The van der Waals surface area contributed by atoms with Gasteiger partial charge >= 0.3 is 0 Å². The van der Waals surface area contributed by atoms with Crippen molar-refractivity contribution in [3.8, 4) is 0 Å². The summed E-state index contributed by atoms with van der Waals surface area (Å²) in [6.07, 6.45) is 2.04. The highest BCUT2D eigenvalue weighted by Gasteiger charge is 2.43. The van der Waals surface area contributed by atoms with Crippen LogP contribution in [-0.2, 0) is 43.2 Å². The van der Waals surface area contributed by atoms with Crippen molar-refractivity contribution in [2.75, 3.05) is 32.7 Å². The van der Waals surface area contributed by atoms with Gasteiger partial charge in [-0.3, -0.25) is 48.3 Å². The lowest BCUT2D eigenvalue weighted by atomic mass is 10.0. The van der Waals surface area contributed by atoms with Gasteiger partial charge in [0.15, 0.2) is 11.9 Å². The summed E-state index contributed by atoms with van der Waals surface area (Å²) in [6.45, 7) is 8.07. The minimum atomic E-state index is -1.59. The van der Waals surface area contributed by atoms with E-state index in [0.717, 1.165) is 0 Å². The van der Waals surface area contributed by atoms with Crippen LogP contribution in [0.5, 0.6) is 0 Å². The molecule has 0 saturated carbocycles. The Hall–Kier alpha value is -6.11. The molecule has 17 N–H and O–H groups in total. The summed E-state index contributed by atoms with van der Waals surface area (Å²) in [5.74, 6) is -5.53. The van der Waals surface area contributed by atoms with Gasteiger partial charge in [-0.05, 0) is 84.5 Å². The molecule has 2 heterocycles. The van der Waals surface area contributed by atoms with Gasteiger partial charge in [0.25, 0.3) is 0 Å². The SMILES string of the molecule is CC(C)C[C@@H](C=O)NC(=O)[C@H](C)NC(=O)[C@@H]1CCCN1C(=O)[C@@H]1CCCN1C(=O)[C@H](C)NC(=O)CNC(=O)[C@@H](NC(=O)[C@H](CCCN=C(N)N)NC(=O)[C@@H](N)CCCN=C(N)N)[C@@H](C)O. The van der Waals surface area contributed by atoms with Crippen LogP contribution in [-0.4, -0.2) is 168 Å². The van der Waals surface area contributed by atoms with Crippen LogP contribution >= 0.6 is 0 Å². The summed E-state index contributed by atoms with van der Waals surface area (Å²) in [5, 5.41) is 25.5. The van der Waals surface area contributed by atoms with Crippen molar-refractivity contribution in [2.45, 2.75) is 147 Å². The summed E-state index contributed by atoms with van der Waals surface area (Å²) in [4.78, 5) is 128. The second-order valence-corrected chi connectivity index (χ2v) is 16.8. The van der Waals surface area contributed by atoms with E-state index in [0.29, 0.717) is 44.8 Å². The number of guanidine groups is 2. The first-order chi connectivity index (χ1) is 30.6. The Morgan fingerprint density at radius 2 is 1.29 bits per heavy atom. The Morgan fingerprint density at radius 1 is 0.708 bits per heavy atom. The molecule has 0 bridgehead atoms. The summed E-state index contributed by atoms with van der Waals surface area (Å²) in [7, 11) is 0. The Balaban J connectivity index is 2.01. The van der Waals surface area contributed by atoms with Gasteiger partial charge in [-0.25, -0.2) is 0 Å². The fourth-order valence-electron chi connectivity index (χ4n) is 7.36. The van der Waals surface area contributed by atoms with Crippen LogP contribution in [0.3, 0.4) is 0 Å². The molecule has 0 aromatic carbocycles. The van der Waals surface area contributed by atoms with E-state index in [-0.39, 0.29) is 63.3 Å². The summed E-state index contributed by atoms with van der Waals surface area (Å²) in [5.41, 5.74) is 27.4. The molecule has 25 heteroatoms. The zero-order valence-corrected chi connectivity index (χ0v) is 38.0. The lowest BCUT2D eigenvalue weighted by molar-refractivity contribution is -0.148. The molecule has 8 amide bonds. The average molecular weight is 922 g/mol. The summed E-state index contributed by atoms with van der Waals surface area (Å²) >= 11 is 0. The van der Waals surface area contributed by atoms with E-state index in [4.69, 9.17) is 28.7 Å². The number of nitrogens with one attached hydrogen (secondary N) is 6. The number of amides is 8. The average Bonchev–Trinajstić information content (AvgIpc) is 3.94. The minimum Gasteiger partial charge on any atom is -0.391 e. The van der Waals surface area contributed by atoms with E-state index in [9.17, 15) is 48.3 Å². The largest absolute Gasteiger partial charge is 0.391 e. The van der Waals surface area contributed by atoms with Crippen LogP contribution in [0, 0.1) is 5.92 Å². The van der Waals surface area contributed by atoms with Crippen molar-refractivity contribution in [1.29, 1.82) is 0 Å². The molecule has 65 heavy (non-hydrogen) atoms. The third-order valence-electron chi connectivity index (χ3n) is 10.7. The molecule has 366 valence electrons. The number of rotatable bonds is 26.